The number of esters is 1. The van der Waals surface area contributed by atoms with E-state index in [0.29, 0.717) is 30.0 Å². The Labute approximate surface area is 148 Å². The molecule has 0 aromatic heterocycles. The zero-order valence-electron chi connectivity index (χ0n) is 15.3. The van der Waals surface area contributed by atoms with Gasteiger partial charge in [0.2, 0.25) is 0 Å². The lowest BCUT2D eigenvalue weighted by molar-refractivity contribution is -0.138. The van der Waals surface area contributed by atoms with Gasteiger partial charge in [-0.25, -0.2) is 4.79 Å². The van der Waals surface area contributed by atoms with E-state index in [-0.39, 0.29) is 12.5 Å². The predicted molar refractivity (Wildman–Crippen MR) is 96.7 cm³/mol. The summed E-state index contributed by atoms with van der Waals surface area (Å²) in [6, 6.07) is 7.95. The Morgan fingerprint density at radius 2 is 1.88 bits per heavy atom. The highest BCUT2D eigenvalue weighted by molar-refractivity contribution is 6.16. The molecular weight excluding hydrogens is 318 g/mol. The van der Waals surface area contributed by atoms with Gasteiger partial charge in [0.05, 0.1) is 24.4 Å². The summed E-state index contributed by atoms with van der Waals surface area (Å²) in [5, 5.41) is 0. The molecule has 1 aliphatic heterocycles. The van der Waals surface area contributed by atoms with Crippen molar-refractivity contribution in [2.45, 2.75) is 27.2 Å². The largest absolute Gasteiger partial charge is 0.462 e. The Balaban J connectivity index is 2.42. The van der Waals surface area contributed by atoms with Crippen molar-refractivity contribution < 1.29 is 19.1 Å². The molecule has 134 valence electrons. The number of carbonyl (C=O) groups is 2. The highest BCUT2D eigenvalue weighted by Crippen LogP contribution is 2.31. The van der Waals surface area contributed by atoms with Gasteiger partial charge >= 0.3 is 5.97 Å². The molecule has 5 heteroatoms. The zero-order valence-corrected chi connectivity index (χ0v) is 15.3. The molecule has 0 saturated heterocycles. The molecule has 25 heavy (non-hydrogen) atoms. The number of nitrogens with zero attached hydrogens (tertiary/aromatic N) is 1. The summed E-state index contributed by atoms with van der Waals surface area (Å²) in [6.45, 7) is 6.67. The minimum absolute atomic E-state index is 0.197. The number of aryl methyl sites for hydroxylation is 1. The first-order valence-electron chi connectivity index (χ1n) is 8.53. The summed E-state index contributed by atoms with van der Waals surface area (Å²) < 4.78 is 10.2. The lowest BCUT2D eigenvalue weighted by atomic mass is 10.0. The van der Waals surface area contributed by atoms with Crippen molar-refractivity contribution in [3.05, 3.63) is 52.2 Å². The van der Waals surface area contributed by atoms with Crippen LogP contribution >= 0.6 is 0 Å². The van der Waals surface area contributed by atoms with Crippen LogP contribution in [0.5, 0.6) is 0 Å². The normalized spacial score (nSPS) is 16.1. The second kappa shape index (κ2) is 8.62. The molecule has 1 aromatic rings. The molecule has 5 nitrogen and oxygen atoms in total. The van der Waals surface area contributed by atoms with E-state index in [1.165, 1.54) is 5.56 Å². The van der Waals surface area contributed by atoms with E-state index in [9.17, 15) is 9.59 Å². The number of methoxy groups -OCH3 is 1. The van der Waals surface area contributed by atoms with Crippen LogP contribution in [0, 0.1) is 0 Å². The fraction of sp³-hybridized carbons (Fsp3) is 0.400. The molecule has 1 amide bonds. The fourth-order valence-electron chi connectivity index (χ4n) is 2.80. The highest BCUT2D eigenvalue weighted by Gasteiger charge is 2.36. The molecule has 0 saturated carbocycles. The van der Waals surface area contributed by atoms with E-state index in [0.717, 1.165) is 12.0 Å². The monoisotopic (exact) mass is 343 g/mol. The maximum atomic E-state index is 12.8. The van der Waals surface area contributed by atoms with Crippen LogP contribution in [0.3, 0.4) is 0 Å². The summed E-state index contributed by atoms with van der Waals surface area (Å²) in [6.07, 6.45) is 2.71. The third kappa shape index (κ3) is 4.17. The van der Waals surface area contributed by atoms with E-state index in [1.54, 1.807) is 31.9 Å². The molecule has 2 rings (SSSR count). The lowest BCUT2D eigenvalue weighted by Gasteiger charge is -2.16. The van der Waals surface area contributed by atoms with Gasteiger partial charge in [-0.1, -0.05) is 31.2 Å². The molecule has 0 bridgehead atoms. The minimum atomic E-state index is -0.468. The Hall–Kier alpha value is -2.40. The summed E-state index contributed by atoms with van der Waals surface area (Å²) in [7, 11) is 1.58. The maximum Gasteiger partial charge on any atom is 0.340 e. The van der Waals surface area contributed by atoms with Gasteiger partial charge in [-0.3, -0.25) is 4.79 Å². The van der Waals surface area contributed by atoms with Crippen LogP contribution in [0.15, 0.2) is 41.1 Å². The van der Waals surface area contributed by atoms with Gasteiger partial charge in [0.25, 0.3) is 5.91 Å². The first-order chi connectivity index (χ1) is 12.0. The van der Waals surface area contributed by atoms with Crippen LogP contribution in [0.1, 0.15) is 31.9 Å². The first kappa shape index (κ1) is 18.9. The predicted octanol–water partition coefficient (Wildman–Crippen LogP) is 2.96. The second-order valence-electron chi connectivity index (χ2n) is 5.78. The van der Waals surface area contributed by atoms with Crippen LogP contribution in [-0.2, 0) is 25.5 Å². The first-order valence-corrected chi connectivity index (χ1v) is 8.53. The molecule has 1 aliphatic rings. The average Bonchev–Trinajstić information content (AvgIpc) is 2.84. The van der Waals surface area contributed by atoms with Crippen LogP contribution in [0.25, 0.3) is 6.08 Å². The zero-order chi connectivity index (χ0) is 18.4. The van der Waals surface area contributed by atoms with Gasteiger partial charge in [-0.15, -0.1) is 0 Å². The Morgan fingerprint density at radius 3 is 2.44 bits per heavy atom. The molecule has 1 heterocycles. The van der Waals surface area contributed by atoms with Gasteiger partial charge in [0.1, 0.15) is 0 Å². The van der Waals surface area contributed by atoms with Crippen LogP contribution < -0.4 is 0 Å². The van der Waals surface area contributed by atoms with Crippen molar-refractivity contribution in [3.8, 4) is 0 Å². The average molecular weight is 343 g/mol. The van der Waals surface area contributed by atoms with Crippen molar-refractivity contribution in [1.82, 2.24) is 4.90 Å². The molecule has 0 N–H and O–H groups in total. The lowest BCUT2D eigenvalue weighted by Crippen LogP contribution is -2.28. The molecule has 0 atom stereocenters. The van der Waals surface area contributed by atoms with E-state index in [2.05, 4.69) is 6.92 Å². The Kier molecular flexibility index (Phi) is 6.53. The summed E-state index contributed by atoms with van der Waals surface area (Å²) in [4.78, 5) is 26.8. The summed E-state index contributed by atoms with van der Waals surface area (Å²) in [5.74, 6) is -0.665. The van der Waals surface area contributed by atoms with Crippen molar-refractivity contribution in [3.63, 3.8) is 0 Å². The van der Waals surface area contributed by atoms with Gasteiger partial charge in [0.15, 0.2) is 0 Å². The van der Waals surface area contributed by atoms with Crippen LogP contribution in [0.4, 0.5) is 0 Å². The number of ether oxygens (including phenoxy) is 2. The minimum Gasteiger partial charge on any atom is -0.462 e. The van der Waals surface area contributed by atoms with Crippen LogP contribution in [-0.4, -0.2) is 43.6 Å². The maximum absolute atomic E-state index is 12.8. The van der Waals surface area contributed by atoms with E-state index in [1.807, 2.05) is 24.3 Å². The van der Waals surface area contributed by atoms with Crippen molar-refractivity contribution in [2.24, 2.45) is 0 Å². The number of benzene rings is 1. The molecule has 0 fully saturated rings. The van der Waals surface area contributed by atoms with E-state index >= 15 is 0 Å². The standard InChI is InChI=1S/C20H25NO4/c1-5-15-7-9-16(10-8-15)13-17-18(20(23)25-6-2)14(3)21(19(17)22)11-12-24-4/h7-10,13H,5-6,11-12H2,1-4H3/b17-13-. The van der Waals surface area contributed by atoms with Crippen molar-refractivity contribution in [1.29, 1.82) is 0 Å². The van der Waals surface area contributed by atoms with Gasteiger partial charge in [0, 0.05) is 19.4 Å². The SMILES string of the molecule is CCOC(=O)C1=C(C)N(CCOC)C(=O)/C1=C\c1ccc(CC)cc1. The second-order valence-corrected chi connectivity index (χ2v) is 5.78. The van der Waals surface area contributed by atoms with Crippen molar-refractivity contribution in [2.75, 3.05) is 26.9 Å². The molecular formula is C20H25NO4. The number of hydrogen-bond acceptors (Lipinski definition) is 4. The van der Waals surface area contributed by atoms with Crippen LogP contribution in [0.2, 0.25) is 0 Å². The molecule has 0 radical (unpaired) electrons. The molecule has 0 unspecified atom stereocenters. The number of carbonyl (C=O) groups excluding carboxylic acids is 2. The fourth-order valence-corrected chi connectivity index (χ4v) is 2.80. The Bertz CT molecular complexity index is 701. The number of hydrogen-bond donors (Lipinski definition) is 0. The third-order valence-electron chi connectivity index (χ3n) is 4.21. The number of amides is 1. The van der Waals surface area contributed by atoms with E-state index < -0.39 is 5.97 Å². The third-order valence-corrected chi connectivity index (χ3v) is 4.21. The summed E-state index contributed by atoms with van der Waals surface area (Å²) >= 11 is 0. The van der Waals surface area contributed by atoms with Gasteiger partial charge in [-0.05, 0) is 37.5 Å². The quantitative estimate of drug-likeness (QED) is 0.564. The number of rotatable bonds is 7. The highest BCUT2D eigenvalue weighted by atomic mass is 16.5. The Morgan fingerprint density at radius 1 is 1.20 bits per heavy atom. The molecule has 0 spiro atoms. The molecule has 1 aromatic carbocycles. The van der Waals surface area contributed by atoms with Gasteiger partial charge in [-0.2, -0.15) is 0 Å². The topological polar surface area (TPSA) is 55.8 Å². The van der Waals surface area contributed by atoms with Crippen molar-refractivity contribution >= 4 is 18.0 Å². The smallest absolute Gasteiger partial charge is 0.340 e. The number of allylic oxidation sites excluding steroid dienone is 1. The molecule has 0 aliphatic carbocycles. The summed E-state index contributed by atoms with van der Waals surface area (Å²) in [5.41, 5.74) is 3.42. The van der Waals surface area contributed by atoms with E-state index in [4.69, 9.17) is 9.47 Å². The van der Waals surface area contributed by atoms with Gasteiger partial charge < -0.3 is 14.4 Å².